The van der Waals surface area contributed by atoms with Gasteiger partial charge in [-0.2, -0.15) is 0 Å². The van der Waals surface area contributed by atoms with E-state index in [0.29, 0.717) is 0 Å². The lowest BCUT2D eigenvalue weighted by atomic mass is 9.91. The highest BCUT2D eigenvalue weighted by atomic mass is 19.3. The molecule has 0 aliphatic heterocycles. The van der Waals surface area contributed by atoms with Crippen LogP contribution < -0.4 is 5.73 Å². The van der Waals surface area contributed by atoms with Crippen molar-refractivity contribution in [1.29, 1.82) is 0 Å². The molecular formula is C9H11F2NO3. The second kappa shape index (κ2) is 3.54. The number of nitrogens with two attached hydrogens (primary N) is 1. The summed E-state index contributed by atoms with van der Waals surface area (Å²) in [6.07, 6.45) is -2.96. The third-order valence-electron chi connectivity index (χ3n) is 2.07. The number of halogens is 2. The SMILES string of the molecule is CC(N)(c1c(O)cc(O)cc1O)C(F)F. The summed E-state index contributed by atoms with van der Waals surface area (Å²) in [5.74, 6) is -1.77. The number of hydrogen-bond donors (Lipinski definition) is 4. The van der Waals surface area contributed by atoms with E-state index in [2.05, 4.69) is 0 Å². The number of benzene rings is 1. The van der Waals surface area contributed by atoms with Crippen molar-refractivity contribution in [1.82, 2.24) is 0 Å². The molecule has 0 heterocycles. The predicted octanol–water partition coefficient (Wildman–Crippen LogP) is 1.24. The van der Waals surface area contributed by atoms with Crippen molar-refractivity contribution in [3.63, 3.8) is 0 Å². The Balaban J connectivity index is 3.38. The van der Waals surface area contributed by atoms with Gasteiger partial charge in [0.15, 0.2) is 0 Å². The highest BCUT2D eigenvalue weighted by Crippen LogP contribution is 2.40. The van der Waals surface area contributed by atoms with Gasteiger partial charge in [0.1, 0.15) is 22.8 Å². The van der Waals surface area contributed by atoms with Crippen LogP contribution in [0.4, 0.5) is 8.78 Å². The van der Waals surface area contributed by atoms with Gasteiger partial charge >= 0.3 is 0 Å². The Hall–Kier alpha value is -1.56. The largest absolute Gasteiger partial charge is 0.508 e. The summed E-state index contributed by atoms with van der Waals surface area (Å²) in [4.78, 5) is 0. The molecule has 0 aliphatic carbocycles. The molecule has 84 valence electrons. The van der Waals surface area contributed by atoms with E-state index in [1.165, 1.54) is 0 Å². The summed E-state index contributed by atoms with van der Waals surface area (Å²) in [5.41, 5.74) is 2.61. The fourth-order valence-electron chi connectivity index (χ4n) is 1.26. The maximum Gasteiger partial charge on any atom is 0.260 e. The van der Waals surface area contributed by atoms with Gasteiger partial charge in [0, 0.05) is 12.1 Å². The van der Waals surface area contributed by atoms with Crippen LogP contribution in [-0.4, -0.2) is 21.7 Å². The number of alkyl halides is 2. The molecule has 0 amide bonds. The molecule has 4 nitrogen and oxygen atoms in total. The Morgan fingerprint density at radius 3 is 1.93 bits per heavy atom. The summed E-state index contributed by atoms with van der Waals surface area (Å²) in [5, 5.41) is 27.6. The van der Waals surface area contributed by atoms with E-state index in [9.17, 15) is 19.0 Å². The summed E-state index contributed by atoms with van der Waals surface area (Å²) in [7, 11) is 0. The zero-order valence-electron chi connectivity index (χ0n) is 7.91. The van der Waals surface area contributed by atoms with Crippen LogP contribution >= 0.6 is 0 Å². The van der Waals surface area contributed by atoms with Crippen LogP contribution in [0.15, 0.2) is 12.1 Å². The lowest BCUT2D eigenvalue weighted by molar-refractivity contribution is 0.0595. The van der Waals surface area contributed by atoms with Crippen LogP contribution in [0.2, 0.25) is 0 Å². The number of phenolic OH excluding ortho intramolecular Hbond substituents is 3. The van der Waals surface area contributed by atoms with Gasteiger partial charge < -0.3 is 21.1 Å². The molecule has 0 saturated carbocycles. The number of aromatic hydroxyl groups is 3. The third kappa shape index (κ3) is 1.94. The Labute approximate surface area is 84.6 Å². The van der Waals surface area contributed by atoms with E-state index in [4.69, 9.17) is 10.8 Å². The third-order valence-corrected chi connectivity index (χ3v) is 2.07. The molecule has 6 heteroatoms. The minimum Gasteiger partial charge on any atom is -0.508 e. The normalized spacial score (nSPS) is 15.3. The molecule has 0 spiro atoms. The Morgan fingerprint density at radius 1 is 1.20 bits per heavy atom. The van der Waals surface area contributed by atoms with Gasteiger partial charge in [-0.15, -0.1) is 0 Å². The monoisotopic (exact) mass is 219 g/mol. The lowest BCUT2D eigenvalue weighted by Crippen LogP contribution is -2.40. The van der Waals surface area contributed by atoms with Crippen LogP contribution in [0.1, 0.15) is 12.5 Å². The first-order valence-electron chi connectivity index (χ1n) is 4.09. The molecule has 0 saturated heterocycles. The summed E-state index contributed by atoms with van der Waals surface area (Å²) < 4.78 is 25.1. The van der Waals surface area contributed by atoms with Crippen molar-refractivity contribution >= 4 is 0 Å². The van der Waals surface area contributed by atoms with Crippen LogP contribution in [0, 0.1) is 0 Å². The molecule has 0 radical (unpaired) electrons. The van der Waals surface area contributed by atoms with Crippen LogP contribution in [-0.2, 0) is 5.54 Å². The van der Waals surface area contributed by atoms with E-state index in [1.807, 2.05) is 0 Å². The first-order chi connectivity index (χ1) is 6.76. The topological polar surface area (TPSA) is 86.7 Å². The van der Waals surface area contributed by atoms with Crippen LogP contribution in [0.3, 0.4) is 0 Å². The summed E-state index contributed by atoms with van der Waals surface area (Å²) in [6, 6.07) is 1.67. The standard InChI is InChI=1S/C9H11F2NO3/c1-9(12,8(10)11)7-5(14)2-4(13)3-6(7)15/h2-3,8,13-15H,12H2,1H3. The maximum absolute atomic E-state index is 12.5. The van der Waals surface area contributed by atoms with Crippen molar-refractivity contribution in [2.75, 3.05) is 0 Å². The quantitative estimate of drug-likeness (QED) is 0.602. The maximum atomic E-state index is 12.5. The van der Waals surface area contributed by atoms with Crippen molar-refractivity contribution in [3.05, 3.63) is 17.7 Å². The molecule has 1 aromatic carbocycles. The predicted molar refractivity (Wildman–Crippen MR) is 49.0 cm³/mol. The molecule has 0 fully saturated rings. The second-order valence-corrected chi connectivity index (χ2v) is 3.44. The van der Waals surface area contributed by atoms with Crippen LogP contribution in [0.5, 0.6) is 17.2 Å². The summed E-state index contributed by atoms with van der Waals surface area (Å²) >= 11 is 0. The van der Waals surface area contributed by atoms with E-state index < -0.39 is 34.8 Å². The number of hydrogen-bond acceptors (Lipinski definition) is 4. The molecule has 5 N–H and O–H groups in total. The lowest BCUT2D eigenvalue weighted by Gasteiger charge is -2.25. The van der Waals surface area contributed by atoms with Crippen molar-refractivity contribution < 1.29 is 24.1 Å². The highest BCUT2D eigenvalue weighted by Gasteiger charge is 2.37. The van der Waals surface area contributed by atoms with E-state index in [0.717, 1.165) is 19.1 Å². The van der Waals surface area contributed by atoms with E-state index in [1.54, 1.807) is 0 Å². The molecule has 1 unspecified atom stereocenters. The first kappa shape index (κ1) is 11.5. The minimum absolute atomic E-state index is 0.432. The van der Waals surface area contributed by atoms with Crippen molar-refractivity contribution in [2.24, 2.45) is 5.73 Å². The molecule has 0 aromatic heterocycles. The zero-order chi connectivity index (χ0) is 11.8. The van der Waals surface area contributed by atoms with E-state index in [-0.39, 0.29) is 0 Å². The first-order valence-corrected chi connectivity index (χ1v) is 4.09. The van der Waals surface area contributed by atoms with Gasteiger partial charge in [-0.25, -0.2) is 8.78 Å². The molecule has 1 rings (SSSR count). The average Bonchev–Trinajstić information content (AvgIpc) is 2.00. The van der Waals surface area contributed by atoms with Gasteiger partial charge in [-0.3, -0.25) is 0 Å². The van der Waals surface area contributed by atoms with Gasteiger partial charge in [0.25, 0.3) is 6.43 Å². The molecule has 1 aromatic rings. The van der Waals surface area contributed by atoms with Gasteiger partial charge in [0.05, 0.1) is 5.56 Å². The van der Waals surface area contributed by atoms with Gasteiger partial charge in [0.2, 0.25) is 0 Å². The fraction of sp³-hybridized carbons (Fsp3) is 0.333. The highest BCUT2D eigenvalue weighted by molar-refractivity contribution is 5.52. The molecule has 15 heavy (non-hydrogen) atoms. The molecule has 1 atom stereocenters. The molecule has 0 bridgehead atoms. The molecular weight excluding hydrogens is 208 g/mol. The number of phenols is 3. The van der Waals surface area contributed by atoms with E-state index >= 15 is 0 Å². The van der Waals surface area contributed by atoms with Crippen LogP contribution in [0.25, 0.3) is 0 Å². The minimum atomic E-state index is -2.96. The Kier molecular flexibility index (Phi) is 2.72. The molecule has 0 aliphatic rings. The van der Waals surface area contributed by atoms with Gasteiger partial charge in [-0.05, 0) is 6.92 Å². The van der Waals surface area contributed by atoms with Crippen molar-refractivity contribution in [2.45, 2.75) is 18.9 Å². The summed E-state index contributed by atoms with van der Waals surface area (Å²) in [6.45, 7) is 0.976. The Morgan fingerprint density at radius 2 is 1.60 bits per heavy atom. The van der Waals surface area contributed by atoms with Crippen molar-refractivity contribution in [3.8, 4) is 17.2 Å². The number of rotatable bonds is 2. The fourth-order valence-corrected chi connectivity index (χ4v) is 1.26. The van der Waals surface area contributed by atoms with Gasteiger partial charge in [-0.1, -0.05) is 0 Å². The smallest absolute Gasteiger partial charge is 0.260 e. The average molecular weight is 219 g/mol. The second-order valence-electron chi connectivity index (χ2n) is 3.44. The Bertz CT molecular complexity index is 357. The zero-order valence-corrected chi connectivity index (χ0v) is 7.91.